The van der Waals surface area contributed by atoms with Gasteiger partial charge in [0.05, 0.1) is 35.5 Å². The van der Waals surface area contributed by atoms with Crippen molar-refractivity contribution in [1.29, 1.82) is 0 Å². The first-order valence-electron chi connectivity index (χ1n) is 15.1. The summed E-state index contributed by atoms with van der Waals surface area (Å²) < 4.78 is 29.6. The van der Waals surface area contributed by atoms with Gasteiger partial charge in [0.15, 0.2) is 0 Å². The van der Waals surface area contributed by atoms with Crippen molar-refractivity contribution in [3.8, 4) is 11.1 Å². The van der Waals surface area contributed by atoms with E-state index in [0.29, 0.717) is 18.9 Å². The molecular formula is C32H46N4O7. The molecule has 3 aromatic rings. The van der Waals surface area contributed by atoms with Crippen LogP contribution in [0.4, 0.5) is 4.79 Å². The van der Waals surface area contributed by atoms with Gasteiger partial charge in [-0.15, -0.1) is 0 Å². The van der Waals surface area contributed by atoms with Gasteiger partial charge in [0.1, 0.15) is 24.3 Å². The van der Waals surface area contributed by atoms with Gasteiger partial charge in [-0.25, -0.2) is 14.6 Å². The van der Waals surface area contributed by atoms with E-state index in [1.807, 2.05) is 53.7 Å². The van der Waals surface area contributed by atoms with Crippen LogP contribution in [0.2, 0.25) is 0 Å². The van der Waals surface area contributed by atoms with Gasteiger partial charge >= 0.3 is 12.1 Å². The molecule has 236 valence electrons. The molecule has 1 saturated carbocycles. The topological polar surface area (TPSA) is 127 Å². The van der Waals surface area contributed by atoms with Gasteiger partial charge in [-0.1, -0.05) is 25.1 Å². The Morgan fingerprint density at radius 1 is 1.16 bits per heavy atom. The van der Waals surface area contributed by atoms with Crippen molar-refractivity contribution in [2.24, 2.45) is 5.92 Å². The molecule has 1 amide bonds. The summed E-state index contributed by atoms with van der Waals surface area (Å²) in [5.74, 6) is 0.545. The van der Waals surface area contributed by atoms with Crippen molar-refractivity contribution in [3.05, 3.63) is 36.0 Å². The third kappa shape index (κ3) is 8.79. The average Bonchev–Trinajstić information content (AvgIpc) is 3.55. The summed E-state index contributed by atoms with van der Waals surface area (Å²) in [6.45, 7) is 11.7. The standard InChI is InChI=1S/C32H46N4O7/c1-20(2)17-41-29(37)19-40-15-14-26(34-31(38)43-32(4,5)6)30-33-27-16-22(25-18-42-35-21(25)3)8-13-28(27)36(30)23-9-11-24(39-7)12-10-23/h8,13,16,18,20,23-24,26H,9-12,14-15,17,19H2,1-7H3,(H,34,38)/t23?,24?,26-/m0/s1. The fourth-order valence-corrected chi connectivity index (χ4v) is 5.40. The molecule has 0 radical (unpaired) electrons. The average molecular weight is 599 g/mol. The van der Waals surface area contributed by atoms with Gasteiger partial charge < -0.3 is 33.4 Å². The number of esters is 1. The van der Waals surface area contributed by atoms with Crippen LogP contribution in [0.25, 0.3) is 22.2 Å². The molecular weight excluding hydrogens is 552 g/mol. The minimum absolute atomic E-state index is 0.162. The maximum Gasteiger partial charge on any atom is 0.408 e. The van der Waals surface area contributed by atoms with Crippen LogP contribution in [0.1, 0.15) is 90.3 Å². The van der Waals surface area contributed by atoms with Crippen LogP contribution in [0.3, 0.4) is 0 Å². The fraction of sp³-hybridized carbons (Fsp3) is 0.625. The van der Waals surface area contributed by atoms with Crippen LogP contribution in [-0.4, -0.2) is 65.4 Å². The Kier molecular flexibility index (Phi) is 10.8. The predicted molar refractivity (Wildman–Crippen MR) is 162 cm³/mol. The largest absolute Gasteiger partial charge is 0.464 e. The van der Waals surface area contributed by atoms with E-state index >= 15 is 0 Å². The lowest BCUT2D eigenvalue weighted by atomic mass is 9.92. The first-order valence-corrected chi connectivity index (χ1v) is 15.1. The second-order valence-electron chi connectivity index (χ2n) is 12.6. The maximum atomic E-state index is 13.0. The number of hydrogen-bond donors (Lipinski definition) is 1. The molecule has 2 heterocycles. The van der Waals surface area contributed by atoms with Crippen molar-refractivity contribution in [2.45, 2.75) is 97.4 Å². The van der Waals surface area contributed by atoms with Gasteiger partial charge in [-0.05, 0) is 83.4 Å². The number of methoxy groups -OCH3 is 1. The highest BCUT2D eigenvalue weighted by molar-refractivity contribution is 5.83. The van der Waals surface area contributed by atoms with Crippen molar-refractivity contribution >= 4 is 23.1 Å². The molecule has 0 saturated heterocycles. The molecule has 1 aromatic carbocycles. The monoisotopic (exact) mass is 598 g/mol. The number of carbonyl (C=O) groups is 2. The highest BCUT2D eigenvalue weighted by atomic mass is 16.6. The van der Waals surface area contributed by atoms with Crippen molar-refractivity contribution in [1.82, 2.24) is 20.0 Å². The van der Waals surface area contributed by atoms with E-state index in [4.69, 9.17) is 28.5 Å². The summed E-state index contributed by atoms with van der Waals surface area (Å²) >= 11 is 0. The van der Waals surface area contributed by atoms with Crippen LogP contribution in [-0.2, 0) is 23.7 Å². The molecule has 43 heavy (non-hydrogen) atoms. The lowest BCUT2D eigenvalue weighted by molar-refractivity contribution is -0.150. The minimum atomic E-state index is -0.671. The second kappa shape index (κ2) is 14.4. The number of rotatable bonds is 12. The molecule has 1 N–H and O–H groups in total. The summed E-state index contributed by atoms with van der Waals surface area (Å²) in [4.78, 5) is 30.3. The number of aryl methyl sites for hydroxylation is 1. The van der Waals surface area contributed by atoms with E-state index < -0.39 is 23.7 Å². The zero-order valence-electron chi connectivity index (χ0n) is 26.5. The van der Waals surface area contributed by atoms with Gasteiger partial charge in [-0.2, -0.15) is 0 Å². The van der Waals surface area contributed by atoms with Crippen molar-refractivity contribution < 1.29 is 33.1 Å². The number of aromatic nitrogens is 3. The van der Waals surface area contributed by atoms with Gasteiger partial charge in [0.2, 0.25) is 0 Å². The number of amides is 1. The number of carbonyl (C=O) groups excluding carboxylic acids is 2. The minimum Gasteiger partial charge on any atom is -0.464 e. The van der Waals surface area contributed by atoms with Crippen molar-refractivity contribution in [2.75, 3.05) is 26.9 Å². The van der Waals surface area contributed by atoms with E-state index in [1.54, 1.807) is 13.4 Å². The molecule has 0 bridgehead atoms. The molecule has 1 fully saturated rings. The normalized spacial score (nSPS) is 18.1. The van der Waals surface area contributed by atoms with E-state index in [1.165, 1.54) is 0 Å². The van der Waals surface area contributed by atoms with Crippen LogP contribution in [0.5, 0.6) is 0 Å². The molecule has 0 spiro atoms. The number of benzene rings is 1. The Morgan fingerprint density at radius 3 is 2.53 bits per heavy atom. The Hall–Kier alpha value is -3.44. The zero-order chi connectivity index (χ0) is 31.1. The van der Waals surface area contributed by atoms with Crippen molar-refractivity contribution in [3.63, 3.8) is 0 Å². The molecule has 1 aliphatic carbocycles. The maximum absolute atomic E-state index is 13.0. The molecule has 0 unspecified atom stereocenters. The van der Waals surface area contributed by atoms with Crippen LogP contribution >= 0.6 is 0 Å². The van der Waals surface area contributed by atoms with Gasteiger partial charge in [0, 0.05) is 25.3 Å². The number of alkyl carbamates (subject to hydrolysis) is 1. The summed E-state index contributed by atoms with van der Waals surface area (Å²) in [5, 5.41) is 7.07. The highest BCUT2D eigenvalue weighted by Gasteiger charge is 2.31. The third-order valence-corrected chi connectivity index (χ3v) is 7.47. The molecule has 1 atom stereocenters. The van der Waals surface area contributed by atoms with Crippen LogP contribution < -0.4 is 5.32 Å². The molecule has 2 aromatic heterocycles. The summed E-state index contributed by atoms with van der Waals surface area (Å²) in [5.41, 5.74) is 3.75. The first kappa shape index (κ1) is 32.5. The molecule has 0 aliphatic heterocycles. The number of nitrogens with one attached hydrogen (secondary N) is 1. The number of ether oxygens (including phenoxy) is 4. The molecule has 11 nitrogen and oxygen atoms in total. The lowest BCUT2D eigenvalue weighted by Crippen LogP contribution is -2.37. The number of imidazole rings is 1. The molecule has 4 rings (SSSR count). The molecule has 1 aliphatic rings. The summed E-state index contributed by atoms with van der Waals surface area (Å²) in [6, 6.07) is 5.79. The Balaban J connectivity index is 1.66. The highest BCUT2D eigenvalue weighted by Crippen LogP contribution is 2.37. The van der Waals surface area contributed by atoms with Gasteiger partial charge in [0.25, 0.3) is 0 Å². The van der Waals surface area contributed by atoms with E-state index in [-0.39, 0.29) is 31.3 Å². The third-order valence-electron chi connectivity index (χ3n) is 7.47. The molecule has 11 heteroatoms. The predicted octanol–water partition coefficient (Wildman–Crippen LogP) is 6.30. The van der Waals surface area contributed by atoms with E-state index in [2.05, 4.69) is 21.1 Å². The second-order valence-corrected chi connectivity index (χ2v) is 12.6. The SMILES string of the molecule is COC1CCC(n2c([C@H](CCOCC(=O)OCC(C)C)NC(=O)OC(C)(C)C)nc3cc(-c4conc4C)ccc32)CC1. The Morgan fingerprint density at radius 2 is 1.91 bits per heavy atom. The Labute approximate surface area is 253 Å². The fourth-order valence-electron chi connectivity index (χ4n) is 5.40. The van der Waals surface area contributed by atoms with E-state index in [0.717, 1.165) is 53.5 Å². The quantitative estimate of drug-likeness (QED) is 0.189. The summed E-state index contributed by atoms with van der Waals surface area (Å²) in [6.07, 6.45) is 5.41. The van der Waals surface area contributed by atoms with Gasteiger partial charge in [-0.3, -0.25) is 0 Å². The number of fused-ring (bicyclic) bond motifs is 1. The zero-order valence-corrected chi connectivity index (χ0v) is 26.5. The number of nitrogens with zero attached hydrogens (tertiary/aromatic N) is 3. The number of hydrogen-bond acceptors (Lipinski definition) is 9. The smallest absolute Gasteiger partial charge is 0.408 e. The summed E-state index contributed by atoms with van der Waals surface area (Å²) in [7, 11) is 1.76. The van der Waals surface area contributed by atoms with Crippen LogP contribution in [0, 0.1) is 12.8 Å². The van der Waals surface area contributed by atoms with E-state index in [9.17, 15) is 9.59 Å². The Bertz CT molecular complexity index is 1370. The lowest BCUT2D eigenvalue weighted by Gasteiger charge is -2.31. The van der Waals surface area contributed by atoms with Crippen LogP contribution in [0.15, 0.2) is 29.0 Å². The first-order chi connectivity index (χ1) is 20.4.